The van der Waals surface area contributed by atoms with Crippen molar-refractivity contribution in [2.75, 3.05) is 0 Å². The Balaban J connectivity index is 1.44. The van der Waals surface area contributed by atoms with Crippen molar-refractivity contribution in [3.63, 3.8) is 0 Å². The standard InChI is InChI=1S/C23H19N3O5S/c1-12-20(24-11-30-12)21(16-4-2-3-5-18(16)27)31-15-7-6-13-8-14(25-17(13)10-15)9-19-22(28)26-23(29)32-19/h2-8,10-11,19,21,25,27H,9H2,1H3,(H,26,28,29). The normalized spacial score (nSPS) is 17.0. The molecule has 1 aliphatic rings. The molecular formula is C23H19N3O5S. The average Bonchev–Trinajstić information content (AvgIpc) is 3.45. The summed E-state index contributed by atoms with van der Waals surface area (Å²) in [6, 6.07) is 14.5. The van der Waals surface area contributed by atoms with Gasteiger partial charge in [0.15, 0.2) is 12.5 Å². The van der Waals surface area contributed by atoms with E-state index in [1.807, 2.05) is 30.3 Å². The number of aromatic hydroxyl groups is 1. The molecule has 9 heteroatoms. The molecule has 4 aromatic rings. The van der Waals surface area contributed by atoms with Crippen molar-refractivity contribution in [2.24, 2.45) is 0 Å². The van der Waals surface area contributed by atoms with Crippen molar-refractivity contribution in [1.29, 1.82) is 0 Å². The summed E-state index contributed by atoms with van der Waals surface area (Å²) in [4.78, 5) is 30.9. The first-order valence-electron chi connectivity index (χ1n) is 9.95. The fourth-order valence-corrected chi connectivity index (χ4v) is 4.60. The van der Waals surface area contributed by atoms with Gasteiger partial charge in [0.25, 0.3) is 5.24 Å². The fourth-order valence-electron chi connectivity index (χ4n) is 3.75. The Bertz CT molecular complexity index is 1330. The molecule has 2 aromatic carbocycles. The maximum atomic E-state index is 11.9. The molecule has 8 nitrogen and oxygen atoms in total. The van der Waals surface area contributed by atoms with Gasteiger partial charge >= 0.3 is 0 Å². The predicted molar refractivity (Wildman–Crippen MR) is 119 cm³/mol. The Hall–Kier alpha value is -3.72. The van der Waals surface area contributed by atoms with E-state index in [0.717, 1.165) is 28.4 Å². The lowest BCUT2D eigenvalue weighted by Crippen LogP contribution is -2.25. The summed E-state index contributed by atoms with van der Waals surface area (Å²) in [5.74, 6) is 1.01. The third kappa shape index (κ3) is 3.82. The smallest absolute Gasteiger partial charge is 0.286 e. The zero-order valence-corrected chi connectivity index (χ0v) is 17.8. The van der Waals surface area contributed by atoms with Crippen LogP contribution in [0.15, 0.2) is 59.3 Å². The van der Waals surface area contributed by atoms with Crippen LogP contribution >= 0.6 is 11.8 Å². The Labute approximate surface area is 187 Å². The number of nitrogens with one attached hydrogen (secondary N) is 2. The number of ether oxygens (including phenoxy) is 1. The minimum Gasteiger partial charge on any atom is -0.508 e. The second-order valence-corrected chi connectivity index (χ2v) is 8.66. The molecule has 0 aliphatic carbocycles. The van der Waals surface area contributed by atoms with Crippen molar-refractivity contribution >= 4 is 33.8 Å². The first-order valence-corrected chi connectivity index (χ1v) is 10.8. The zero-order valence-electron chi connectivity index (χ0n) is 17.0. The number of benzene rings is 2. The minimum atomic E-state index is -0.661. The number of phenols is 1. The van der Waals surface area contributed by atoms with Crippen LogP contribution in [0.2, 0.25) is 0 Å². The number of phenolic OH excluding ortho intramolecular Hbond substituents is 1. The highest BCUT2D eigenvalue weighted by atomic mass is 32.2. The van der Waals surface area contributed by atoms with Crippen molar-refractivity contribution in [3.05, 3.63) is 77.6 Å². The Morgan fingerprint density at radius 3 is 2.78 bits per heavy atom. The van der Waals surface area contributed by atoms with Gasteiger partial charge in [0.05, 0.1) is 5.25 Å². The van der Waals surface area contributed by atoms with Crippen LogP contribution in [0.25, 0.3) is 10.9 Å². The molecule has 1 aliphatic heterocycles. The number of hydrogen-bond acceptors (Lipinski definition) is 7. The average molecular weight is 449 g/mol. The molecule has 2 unspecified atom stereocenters. The molecule has 1 saturated heterocycles. The predicted octanol–water partition coefficient (Wildman–Crippen LogP) is 4.23. The van der Waals surface area contributed by atoms with Gasteiger partial charge in [-0.3, -0.25) is 14.9 Å². The van der Waals surface area contributed by atoms with E-state index in [1.54, 1.807) is 25.1 Å². The van der Waals surface area contributed by atoms with Gasteiger partial charge in [-0.15, -0.1) is 0 Å². The van der Waals surface area contributed by atoms with Gasteiger partial charge < -0.3 is 19.2 Å². The van der Waals surface area contributed by atoms with Crippen LogP contribution in [0.4, 0.5) is 4.79 Å². The van der Waals surface area contributed by atoms with Crippen molar-refractivity contribution in [3.8, 4) is 11.5 Å². The van der Waals surface area contributed by atoms with Crippen LogP contribution in [0.5, 0.6) is 11.5 Å². The number of fused-ring (bicyclic) bond motifs is 1. The number of aromatic amines is 1. The van der Waals surface area contributed by atoms with Crippen LogP contribution in [0, 0.1) is 6.92 Å². The van der Waals surface area contributed by atoms with E-state index < -0.39 is 11.4 Å². The zero-order chi connectivity index (χ0) is 22.2. The number of carbonyl (C=O) groups is 2. The van der Waals surface area contributed by atoms with Crippen LogP contribution in [-0.4, -0.2) is 31.5 Å². The summed E-state index contributed by atoms with van der Waals surface area (Å²) in [5, 5.41) is 12.9. The molecule has 3 N–H and O–H groups in total. The van der Waals surface area contributed by atoms with Crippen LogP contribution in [0.3, 0.4) is 0 Å². The number of amides is 2. The number of thioether (sulfide) groups is 1. The molecule has 32 heavy (non-hydrogen) atoms. The van der Waals surface area contributed by atoms with Crippen molar-refractivity contribution < 1.29 is 23.8 Å². The molecule has 0 radical (unpaired) electrons. The number of nitrogens with zero attached hydrogens (tertiary/aromatic N) is 1. The Morgan fingerprint density at radius 1 is 1.22 bits per heavy atom. The quantitative estimate of drug-likeness (QED) is 0.403. The monoisotopic (exact) mass is 449 g/mol. The van der Waals surface area contributed by atoms with Gasteiger partial charge in [0, 0.05) is 29.3 Å². The topological polar surface area (TPSA) is 117 Å². The minimum absolute atomic E-state index is 0.102. The number of H-pyrrole nitrogens is 1. The number of rotatable bonds is 6. The summed E-state index contributed by atoms with van der Waals surface area (Å²) in [6.07, 6.45) is 1.11. The molecule has 3 heterocycles. The van der Waals surface area contributed by atoms with Crippen molar-refractivity contribution in [1.82, 2.24) is 15.3 Å². The fraction of sp³-hybridized carbons (Fsp3) is 0.174. The van der Waals surface area contributed by atoms with Crippen LogP contribution in [0.1, 0.15) is 28.8 Å². The van der Waals surface area contributed by atoms with Gasteiger partial charge in [-0.2, -0.15) is 0 Å². The van der Waals surface area contributed by atoms with Crippen LogP contribution in [-0.2, 0) is 11.2 Å². The summed E-state index contributed by atoms with van der Waals surface area (Å²) in [6.45, 7) is 1.79. The van der Waals surface area contributed by atoms with E-state index in [1.165, 1.54) is 6.39 Å². The van der Waals surface area contributed by atoms with E-state index in [0.29, 0.717) is 29.2 Å². The van der Waals surface area contributed by atoms with E-state index in [2.05, 4.69) is 15.3 Å². The molecule has 162 valence electrons. The van der Waals surface area contributed by atoms with Crippen molar-refractivity contribution in [2.45, 2.75) is 24.7 Å². The maximum Gasteiger partial charge on any atom is 0.286 e. The highest BCUT2D eigenvalue weighted by molar-refractivity contribution is 8.15. The summed E-state index contributed by atoms with van der Waals surface area (Å²) in [5.41, 5.74) is 2.84. The lowest BCUT2D eigenvalue weighted by molar-refractivity contribution is -0.118. The number of aromatic nitrogens is 2. The SMILES string of the molecule is Cc1ocnc1C(Oc1ccc2cc(CC3SC(=O)NC3=O)[nH]c2c1)c1ccccc1O. The first-order chi connectivity index (χ1) is 15.5. The van der Waals surface area contributed by atoms with E-state index >= 15 is 0 Å². The largest absolute Gasteiger partial charge is 0.508 e. The lowest BCUT2D eigenvalue weighted by Gasteiger charge is -2.19. The highest BCUT2D eigenvalue weighted by Crippen LogP contribution is 2.35. The van der Waals surface area contributed by atoms with Crippen LogP contribution < -0.4 is 10.1 Å². The molecule has 0 spiro atoms. The van der Waals surface area contributed by atoms with Gasteiger partial charge in [0.2, 0.25) is 5.91 Å². The summed E-state index contributed by atoms with van der Waals surface area (Å²) < 4.78 is 11.6. The Kier molecular flexibility index (Phi) is 5.10. The molecule has 1 fully saturated rings. The second-order valence-electron chi connectivity index (χ2n) is 7.48. The van der Waals surface area contributed by atoms with E-state index in [-0.39, 0.29) is 16.9 Å². The van der Waals surface area contributed by atoms with Gasteiger partial charge in [-0.05, 0) is 36.6 Å². The molecule has 0 saturated carbocycles. The highest BCUT2D eigenvalue weighted by Gasteiger charge is 2.32. The van der Waals surface area contributed by atoms with Gasteiger partial charge in [0.1, 0.15) is 23.0 Å². The molecule has 0 bridgehead atoms. The first kappa shape index (κ1) is 20.2. The van der Waals surface area contributed by atoms with E-state index in [4.69, 9.17) is 9.15 Å². The van der Waals surface area contributed by atoms with E-state index in [9.17, 15) is 14.7 Å². The number of aryl methyl sites for hydroxylation is 1. The number of hydrogen-bond donors (Lipinski definition) is 3. The molecule has 2 atom stereocenters. The molecular weight excluding hydrogens is 430 g/mol. The lowest BCUT2D eigenvalue weighted by atomic mass is 10.0. The van der Waals surface area contributed by atoms with Gasteiger partial charge in [-0.1, -0.05) is 30.0 Å². The third-order valence-corrected chi connectivity index (χ3v) is 6.31. The second kappa shape index (κ2) is 8.08. The number of carbonyl (C=O) groups excluding carboxylic acids is 2. The van der Waals surface area contributed by atoms with Gasteiger partial charge in [-0.25, -0.2) is 4.98 Å². The molecule has 5 rings (SSSR count). The number of oxazole rings is 1. The Morgan fingerprint density at radius 2 is 2.06 bits per heavy atom. The summed E-state index contributed by atoms with van der Waals surface area (Å²) >= 11 is 1.00. The number of imide groups is 1. The number of para-hydroxylation sites is 1. The molecule has 2 aromatic heterocycles. The third-order valence-electron chi connectivity index (χ3n) is 5.33. The molecule has 2 amide bonds. The maximum absolute atomic E-state index is 11.9. The summed E-state index contributed by atoms with van der Waals surface area (Å²) in [7, 11) is 0.